The predicted molar refractivity (Wildman–Crippen MR) is 87.3 cm³/mol. The molecule has 0 saturated carbocycles. The lowest BCUT2D eigenvalue weighted by molar-refractivity contribution is 0.881. The van der Waals surface area contributed by atoms with Crippen molar-refractivity contribution < 1.29 is 0 Å². The van der Waals surface area contributed by atoms with Gasteiger partial charge in [0.1, 0.15) is 5.65 Å². The monoisotopic (exact) mass is 289 g/mol. The van der Waals surface area contributed by atoms with Crippen LogP contribution in [-0.2, 0) is 0 Å². The zero-order valence-corrected chi connectivity index (χ0v) is 12.1. The van der Waals surface area contributed by atoms with E-state index in [2.05, 4.69) is 38.1 Å². The number of rotatable bonds is 3. The lowest BCUT2D eigenvalue weighted by Gasteiger charge is -2.07. The van der Waals surface area contributed by atoms with Gasteiger partial charge in [0.05, 0.1) is 23.3 Å². The molecule has 0 fully saturated rings. The smallest absolute Gasteiger partial charge is 0.137 e. The molecule has 0 radical (unpaired) electrons. The molecule has 0 amide bonds. The van der Waals surface area contributed by atoms with Crippen LogP contribution in [0.5, 0.6) is 0 Å². The fourth-order valence-electron chi connectivity index (χ4n) is 2.57. The van der Waals surface area contributed by atoms with Gasteiger partial charge in [0, 0.05) is 31.2 Å². The third kappa shape index (κ3) is 2.03. The van der Waals surface area contributed by atoms with Crippen molar-refractivity contribution in [2.45, 2.75) is 0 Å². The van der Waals surface area contributed by atoms with Crippen LogP contribution in [-0.4, -0.2) is 26.2 Å². The molecule has 22 heavy (non-hydrogen) atoms. The van der Waals surface area contributed by atoms with E-state index in [1.807, 2.05) is 54.5 Å². The van der Waals surface area contributed by atoms with Crippen LogP contribution in [0.15, 0.2) is 67.3 Å². The number of nitrogens with zero attached hydrogens (tertiary/aromatic N) is 4. The Bertz CT molecular complexity index is 921. The average molecular weight is 289 g/mol. The minimum atomic E-state index is 0.929. The SMILES string of the molecule is CNc1ccc2ncc(-c3cccc(-n4cccn4)c3)n2c1. The Morgan fingerprint density at radius 3 is 2.86 bits per heavy atom. The first-order valence-electron chi connectivity index (χ1n) is 7.10. The van der Waals surface area contributed by atoms with Crippen molar-refractivity contribution in [1.29, 1.82) is 0 Å². The molecule has 3 heterocycles. The molecule has 0 aliphatic rings. The summed E-state index contributed by atoms with van der Waals surface area (Å²) in [4.78, 5) is 4.48. The quantitative estimate of drug-likeness (QED) is 0.630. The highest BCUT2D eigenvalue weighted by molar-refractivity contribution is 5.67. The third-order valence-electron chi connectivity index (χ3n) is 3.71. The first-order chi connectivity index (χ1) is 10.8. The number of fused-ring (bicyclic) bond motifs is 1. The first-order valence-corrected chi connectivity index (χ1v) is 7.10. The number of hydrogen-bond acceptors (Lipinski definition) is 3. The minimum Gasteiger partial charge on any atom is -0.387 e. The molecular formula is C17H15N5. The second kappa shape index (κ2) is 5.04. The maximum absolute atomic E-state index is 4.48. The van der Waals surface area contributed by atoms with Crippen LogP contribution in [0.25, 0.3) is 22.6 Å². The van der Waals surface area contributed by atoms with E-state index in [4.69, 9.17) is 0 Å². The van der Waals surface area contributed by atoms with Crippen LogP contribution in [0.4, 0.5) is 5.69 Å². The van der Waals surface area contributed by atoms with Gasteiger partial charge in [-0.3, -0.25) is 4.40 Å². The van der Waals surface area contributed by atoms with E-state index < -0.39 is 0 Å². The van der Waals surface area contributed by atoms with Gasteiger partial charge in [0.2, 0.25) is 0 Å². The molecule has 108 valence electrons. The molecule has 0 aliphatic carbocycles. The van der Waals surface area contributed by atoms with Crippen molar-refractivity contribution in [3.05, 3.63) is 67.3 Å². The predicted octanol–water partition coefficient (Wildman–Crippen LogP) is 3.23. The van der Waals surface area contributed by atoms with Gasteiger partial charge in [-0.15, -0.1) is 0 Å². The highest BCUT2D eigenvalue weighted by Gasteiger charge is 2.07. The van der Waals surface area contributed by atoms with Crippen molar-refractivity contribution in [2.24, 2.45) is 0 Å². The van der Waals surface area contributed by atoms with Gasteiger partial charge >= 0.3 is 0 Å². The molecule has 5 nitrogen and oxygen atoms in total. The maximum Gasteiger partial charge on any atom is 0.137 e. The molecule has 5 heteroatoms. The van der Waals surface area contributed by atoms with Crippen molar-refractivity contribution in [2.75, 3.05) is 12.4 Å². The summed E-state index contributed by atoms with van der Waals surface area (Å²) in [5, 5.41) is 7.44. The number of aromatic nitrogens is 4. The molecule has 1 aromatic carbocycles. The Labute approximate surface area is 127 Å². The van der Waals surface area contributed by atoms with Gasteiger partial charge in [0.15, 0.2) is 0 Å². The molecule has 0 spiro atoms. The fourth-order valence-corrected chi connectivity index (χ4v) is 2.57. The zero-order valence-electron chi connectivity index (χ0n) is 12.1. The lowest BCUT2D eigenvalue weighted by atomic mass is 10.1. The van der Waals surface area contributed by atoms with Crippen LogP contribution < -0.4 is 5.32 Å². The lowest BCUT2D eigenvalue weighted by Crippen LogP contribution is -1.96. The highest BCUT2D eigenvalue weighted by Crippen LogP contribution is 2.24. The van der Waals surface area contributed by atoms with Crippen LogP contribution in [0.1, 0.15) is 0 Å². The number of pyridine rings is 1. The largest absolute Gasteiger partial charge is 0.387 e. The normalized spacial score (nSPS) is 11.0. The third-order valence-corrected chi connectivity index (χ3v) is 3.71. The van der Waals surface area contributed by atoms with Crippen LogP contribution in [0.3, 0.4) is 0 Å². The number of benzene rings is 1. The molecular weight excluding hydrogens is 274 g/mol. The summed E-state index contributed by atoms with van der Waals surface area (Å²) in [6.07, 6.45) is 7.67. The summed E-state index contributed by atoms with van der Waals surface area (Å²) < 4.78 is 3.94. The number of hydrogen-bond donors (Lipinski definition) is 1. The molecule has 0 saturated heterocycles. The van der Waals surface area contributed by atoms with Crippen molar-refractivity contribution in [3.63, 3.8) is 0 Å². The van der Waals surface area contributed by atoms with E-state index in [0.29, 0.717) is 0 Å². The molecule has 4 rings (SSSR count). The van der Waals surface area contributed by atoms with Gasteiger partial charge in [0.25, 0.3) is 0 Å². The van der Waals surface area contributed by atoms with Gasteiger partial charge in [-0.25, -0.2) is 9.67 Å². The van der Waals surface area contributed by atoms with E-state index in [1.165, 1.54) is 0 Å². The van der Waals surface area contributed by atoms with Crippen LogP contribution in [0.2, 0.25) is 0 Å². The maximum atomic E-state index is 4.48. The molecule has 0 atom stereocenters. The molecule has 0 aliphatic heterocycles. The van der Waals surface area contributed by atoms with E-state index in [1.54, 1.807) is 6.20 Å². The second-order valence-electron chi connectivity index (χ2n) is 5.04. The zero-order chi connectivity index (χ0) is 14.9. The van der Waals surface area contributed by atoms with Crippen LogP contribution in [0, 0.1) is 0 Å². The average Bonchev–Trinajstić information content (AvgIpc) is 3.24. The van der Waals surface area contributed by atoms with E-state index in [9.17, 15) is 0 Å². The summed E-state index contributed by atoms with van der Waals surface area (Å²) >= 11 is 0. The summed E-state index contributed by atoms with van der Waals surface area (Å²) in [5.41, 5.74) is 5.17. The highest BCUT2D eigenvalue weighted by atomic mass is 15.3. The standard InChI is InChI=1S/C17H15N5/c1-18-14-6-7-17-19-11-16(21(17)12-14)13-4-2-5-15(10-13)22-9-3-8-20-22/h2-12,18H,1H3. The van der Waals surface area contributed by atoms with Crippen molar-refractivity contribution >= 4 is 11.3 Å². The summed E-state index contributed by atoms with van der Waals surface area (Å²) in [5.74, 6) is 0. The summed E-state index contributed by atoms with van der Waals surface area (Å²) in [7, 11) is 1.91. The van der Waals surface area contributed by atoms with E-state index in [0.717, 1.165) is 28.3 Å². The van der Waals surface area contributed by atoms with Gasteiger partial charge in [-0.2, -0.15) is 5.10 Å². The molecule has 1 N–H and O–H groups in total. The Hall–Kier alpha value is -3.08. The fraction of sp³-hybridized carbons (Fsp3) is 0.0588. The Morgan fingerprint density at radius 1 is 1.09 bits per heavy atom. The summed E-state index contributed by atoms with van der Waals surface area (Å²) in [6, 6.07) is 14.2. The Kier molecular flexibility index (Phi) is 2.89. The van der Waals surface area contributed by atoms with E-state index in [-0.39, 0.29) is 0 Å². The number of nitrogens with one attached hydrogen (secondary N) is 1. The van der Waals surface area contributed by atoms with Crippen molar-refractivity contribution in [1.82, 2.24) is 19.2 Å². The molecule has 0 unspecified atom stereocenters. The van der Waals surface area contributed by atoms with Crippen LogP contribution >= 0.6 is 0 Å². The minimum absolute atomic E-state index is 0.929. The Morgan fingerprint density at radius 2 is 2.05 bits per heavy atom. The van der Waals surface area contributed by atoms with Gasteiger partial charge in [-0.05, 0) is 30.3 Å². The molecule has 3 aromatic heterocycles. The van der Waals surface area contributed by atoms with Gasteiger partial charge < -0.3 is 5.32 Å². The Balaban J connectivity index is 1.87. The van der Waals surface area contributed by atoms with Gasteiger partial charge in [-0.1, -0.05) is 12.1 Å². The topological polar surface area (TPSA) is 47.2 Å². The first kappa shape index (κ1) is 12.6. The number of imidazole rings is 1. The second-order valence-corrected chi connectivity index (χ2v) is 5.04. The molecule has 4 aromatic rings. The van der Waals surface area contributed by atoms with E-state index >= 15 is 0 Å². The number of anilines is 1. The van der Waals surface area contributed by atoms with Crippen molar-refractivity contribution in [3.8, 4) is 16.9 Å². The summed E-state index contributed by atoms with van der Waals surface area (Å²) in [6.45, 7) is 0. The molecule has 0 bridgehead atoms.